The Hall–Kier alpha value is -0.970. The first kappa shape index (κ1) is 15.4. The van der Waals surface area contributed by atoms with E-state index in [1.54, 1.807) is 12.1 Å². The zero-order chi connectivity index (χ0) is 14.7. The van der Waals surface area contributed by atoms with E-state index >= 15 is 0 Å². The van der Waals surface area contributed by atoms with Crippen molar-refractivity contribution in [2.24, 2.45) is 0 Å². The Balaban J connectivity index is 2.49. The highest BCUT2D eigenvalue weighted by molar-refractivity contribution is 9.10. The minimum Gasteiger partial charge on any atom is -0.306 e. The molecule has 0 heterocycles. The van der Waals surface area contributed by atoms with Crippen LogP contribution < -0.4 is 5.32 Å². The molecule has 0 spiro atoms. The van der Waals surface area contributed by atoms with Gasteiger partial charge in [0.1, 0.15) is 11.6 Å². The van der Waals surface area contributed by atoms with Crippen molar-refractivity contribution in [2.45, 2.75) is 13.0 Å². The van der Waals surface area contributed by atoms with Gasteiger partial charge in [-0.3, -0.25) is 0 Å². The maximum atomic E-state index is 14.0. The van der Waals surface area contributed by atoms with Gasteiger partial charge in [-0.1, -0.05) is 40.5 Å². The van der Waals surface area contributed by atoms with Crippen LogP contribution >= 0.6 is 27.5 Å². The molecule has 0 radical (unpaired) electrons. The molecule has 0 fully saturated rings. The molecule has 0 amide bonds. The molecule has 5 heteroatoms. The lowest BCUT2D eigenvalue weighted by Gasteiger charge is -2.20. The minimum absolute atomic E-state index is 0.379. The first-order chi connectivity index (χ1) is 9.51. The second kappa shape index (κ2) is 6.66. The SMILES string of the molecule is CCNC(c1cc(Cl)cc(Br)c1)c1ccc(F)cc1F. The third-order valence-electron chi connectivity index (χ3n) is 2.90. The highest BCUT2D eigenvalue weighted by Crippen LogP contribution is 2.29. The van der Waals surface area contributed by atoms with Crippen molar-refractivity contribution in [1.82, 2.24) is 5.32 Å². The Morgan fingerprint density at radius 1 is 1.20 bits per heavy atom. The summed E-state index contributed by atoms with van der Waals surface area (Å²) >= 11 is 9.40. The summed E-state index contributed by atoms with van der Waals surface area (Å²) in [4.78, 5) is 0. The van der Waals surface area contributed by atoms with Gasteiger partial charge in [-0.05, 0) is 36.4 Å². The highest BCUT2D eigenvalue weighted by atomic mass is 79.9. The fourth-order valence-electron chi connectivity index (χ4n) is 2.09. The predicted molar refractivity (Wildman–Crippen MR) is 81.0 cm³/mol. The maximum Gasteiger partial charge on any atom is 0.131 e. The molecule has 0 aliphatic rings. The molecule has 0 aromatic heterocycles. The van der Waals surface area contributed by atoms with E-state index in [1.807, 2.05) is 13.0 Å². The molecular formula is C15H13BrClF2N. The van der Waals surface area contributed by atoms with E-state index in [4.69, 9.17) is 11.6 Å². The molecule has 0 bridgehead atoms. The van der Waals surface area contributed by atoms with Crippen LogP contribution in [0.2, 0.25) is 5.02 Å². The lowest BCUT2D eigenvalue weighted by Crippen LogP contribution is -2.23. The first-order valence-electron chi connectivity index (χ1n) is 6.15. The van der Waals surface area contributed by atoms with Gasteiger partial charge in [0.2, 0.25) is 0 Å². The van der Waals surface area contributed by atoms with Crippen molar-refractivity contribution in [3.05, 3.63) is 68.7 Å². The quantitative estimate of drug-likeness (QED) is 0.802. The van der Waals surface area contributed by atoms with Gasteiger partial charge < -0.3 is 5.32 Å². The molecule has 1 N–H and O–H groups in total. The van der Waals surface area contributed by atoms with Crippen LogP contribution in [0.15, 0.2) is 40.9 Å². The zero-order valence-corrected chi connectivity index (χ0v) is 13.1. The average molecular weight is 361 g/mol. The molecule has 1 atom stereocenters. The van der Waals surface area contributed by atoms with E-state index in [1.165, 1.54) is 12.1 Å². The molecule has 1 unspecified atom stereocenters. The van der Waals surface area contributed by atoms with Crippen LogP contribution in [0.25, 0.3) is 0 Å². The largest absolute Gasteiger partial charge is 0.306 e. The van der Waals surface area contributed by atoms with Crippen LogP contribution in [0.5, 0.6) is 0 Å². The third kappa shape index (κ3) is 3.57. The fraction of sp³-hybridized carbons (Fsp3) is 0.200. The van der Waals surface area contributed by atoms with E-state index in [2.05, 4.69) is 21.2 Å². The van der Waals surface area contributed by atoms with Crippen molar-refractivity contribution >= 4 is 27.5 Å². The Morgan fingerprint density at radius 2 is 1.95 bits per heavy atom. The van der Waals surface area contributed by atoms with E-state index in [0.717, 1.165) is 16.1 Å². The van der Waals surface area contributed by atoms with Gasteiger partial charge in [0.05, 0.1) is 6.04 Å². The van der Waals surface area contributed by atoms with Gasteiger partial charge >= 0.3 is 0 Å². The van der Waals surface area contributed by atoms with E-state index < -0.39 is 11.6 Å². The summed E-state index contributed by atoms with van der Waals surface area (Å²) < 4.78 is 27.8. The number of hydrogen-bond acceptors (Lipinski definition) is 1. The smallest absolute Gasteiger partial charge is 0.131 e. The van der Waals surface area contributed by atoms with Gasteiger partial charge in [0, 0.05) is 21.1 Å². The number of hydrogen-bond donors (Lipinski definition) is 1. The van der Waals surface area contributed by atoms with Crippen LogP contribution in [0, 0.1) is 11.6 Å². The summed E-state index contributed by atoms with van der Waals surface area (Å²) in [6.07, 6.45) is 0. The lowest BCUT2D eigenvalue weighted by molar-refractivity contribution is 0.541. The molecule has 0 aliphatic carbocycles. The van der Waals surface area contributed by atoms with Crippen LogP contribution in [-0.2, 0) is 0 Å². The van der Waals surface area contributed by atoms with E-state index in [-0.39, 0.29) is 6.04 Å². The molecule has 2 aromatic rings. The van der Waals surface area contributed by atoms with Crippen LogP contribution in [0.4, 0.5) is 8.78 Å². The molecular weight excluding hydrogens is 348 g/mol. The Kier molecular flexibility index (Phi) is 5.13. The van der Waals surface area contributed by atoms with Gasteiger partial charge in [0.25, 0.3) is 0 Å². The number of nitrogens with one attached hydrogen (secondary N) is 1. The molecule has 0 saturated heterocycles. The maximum absolute atomic E-state index is 14.0. The lowest BCUT2D eigenvalue weighted by atomic mass is 9.98. The molecule has 2 aromatic carbocycles. The highest BCUT2D eigenvalue weighted by Gasteiger charge is 2.18. The summed E-state index contributed by atoms with van der Waals surface area (Å²) in [7, 11) is 0. The van der Waals surface area contributed by atoms with Crippen molar-refractivity contribution < 1.29 is 8.78 Å². The van der Waals surface area contributed by atoms with Gasteiger partial charge in [-0.15, -0.1) is 0 Å². The van der Waals surface area contributed by atoms with Crippen molar-refractivity contribution in [2.75, 3.05) is 6.54 Å². The Morgan fingerprint density at radius 3 is 2.55 bits per heavy atom. The second-order valence-corrected chi connectivity index (χ2v) is 5.71. The Bertz CT molecular complexity index is 599. The average Bonchev–Trinajstić information content (AvgIpc) is 2.35. The first-order valence-corrected chi connectivity index (χ1v) is 7.32. The molecule has 0 aliphatic heterocycles. The summed E-state index contributed by atoms with van der Waals surface area (Å²) in [6, 6.07) is 8.60. The normalized spacial score (nSPS) is 12.4. The van der Waals surface area contributed by atoms with Crippen LogP contribution in [0.1, 0.15) is 24.1 Å². The van der Waals surface area contributed by atoms with Gasteiger partial charge in [-0.25, -0.2) is 8.78 Å². The summed E-state index contributed by atoms with van der Waals surface area (Å²) in [6.45, 7) is 2.57. The van der Waals surface area contributed by atoms with Gasteiger partial charge in [0.15, 0.2) is 0 Å². The Labute approximate surface area is 130 Å². The second-order valence-electron chi connectivity index (χ2n) is 4.36. The van der Waals surface area contributed by atoms with Crippen molar-refractivity contribution in [3.63, 3.8) is 0 Å². The number of rotatable bonds is 4. The summed E-state index contributed by atoms with van der Waals surface area (Å²) in [5, 5.41) is 3.74. The molecule has 20 heavy (non-hydrogen) atoms. The monoisotopic (exact) mass is 359 g/mol. The predicted octanol–water partition coefficient (Wildman–Crippen LogP) is 5.08. The number of halogens is 4. The van der Waals surface area contributed by atoms with Crippen molar-refractivity contribution in [1.29, 1.82) is 0 Å². The molecule has 1 nitrogen and oxygen atoms in total. The fourth-order valence-corrected chi connectivity index (χ4v) is 2.98. The van der Waals surface area contributed by atoms with E-state index in [0.29, 0.717) is 17.1 Å². The van der Waals surface area contributed by atoms with Crippen molar-refractivity contribution in [3.8, 4) is 0 Å². The minimum atomic E-state index is -0.589. The van der Waals surface area contributed by atoms with Gasteiger partial charge in [-0.2, -0.15) is 0 Å². The van der Waals surface area contributed by atoms with Crippen LogP contribution in [-0.4, -0.2) is 6.54 Å². The zero-order valence-electron chi connectivity index (χ0n) is 10.8. The van der Waals surface area contributed by atoms with E-state index in [9.17, 15) is 8.78 Å². The van der Waals surface area contributed by atoms with Crippen LogP contribution in [0.3, 0.4) is 0 Å². The summed E-state index contributed by atoms with van der Waals surface area (Å²) in [5.41, 5.74) is 1.21. The number of benzene rings is 2. The standard InChI is InChI=1S/C15H13BrClF2N/c1-2-20-15(9-5-10(16)7-11(17)6-9)13-4-3-12(18)8-14(13)19/h3-8,15,20H,2H2,1H3. The molecule has 106 valence electrons. The summed E-state index contributed by atoms with van der Waals surface area (Å²) in [5.74, 6) is -1.17. The third-order valence-corrected chi connectivity index (χ3v) is 3.58. The molecule has 0 saturated carbocycles. The topological polar surface area (TPSA) is 12.0 Å². The molecule has 2 rings (SSSR count).